The quantitative estimate of drug-likeness (QED) is 0.122. The second-order valence-corrected chi connectivity index (χ2v) is 30.5. The van der Waals surface area contributed by atoms with E-state index in [1.54, 1.807) is 0 Å². The standard InChI is InChI=1S/C68H74N3OSi.Pt/c1-43-35-53(73(14,15)16)30-31-54(43)46-27-25-44(26-28-46)47-33-34-69-59(39-47)49-36-48(37-51(38-49)66(5,6)7)55-23-20-24-61-62(55)70-64(57-41-52(67(8,9)10)42-58(63(57)72)68(11,12)13)71(61)60-32-29-50(65(2,3)4)40-56(60)45-21-18-17-19-22-45;/h17-35,37-42,72H,1-16H3;/q-1;. The normalized spacial score (nSPS) is 12.5. The van der Waals surface area contributed by atoms with E-state index in [1.807, 2.05) is 6.20 Å². The van der Waals surface area contributed by atoms with Crippen LogP contribution in [0.2, 0.25) is 19.6 Å². The van der Waals surface area contributed by atoms with Crippen LogP contribution in [0.1, 0.15) is 111 Å². The van der Waals surface area contributed by atoms with E-state index in [4.69, 9.17) is 9.97 Å². The van der Waals surface area contributed by atoms with Crippen LogP contribution >= 0.6 is 0 Å². The van der Waals surface area contributed by atoms with Gasteiger partial charge in [0.1, 0.15) is 11.6 Å². The predicted octanol–water partition coefficient (Wildman–Crippen LogP) is 18.0. The van der Waals surface area contributed by atoms with Crippen LogP contribution in [0.25, 0.3) is 83.9 Å². The van der Waals surface area contributed by atoms with Gasteiger partial charge < -0.3 is 5.11 Å². The molecule has 0 atom stereocenters. The number of pyridine rings is 1. The molecule has 9 rings (SSSR count). The average molecular weight is 1170 g/mol. The number of phenols is 1. The number of hydrogen-bond acceptors (Lipinski definition) is 3. The van der Waals surface area contributed by atoms with Crippen LogP contribution in [0.15, 0.2) is 152 Å². The van der Waals surface area contributed by atoms with Gasteiger partial charge in [-0.3, -0.25) is 9.55 Å². The summed E-state index contributed by atoms with van der Waals surface area (Å²) in [6.07, 6.45) is 1.92. The first-order valence-electron chi connectivity index (χ1n) is 26.0. The third-order valence-corrected chi connectivity index (χ3v) is 16.6. The minimum absolute atomic E-state index is 0. The molecule has 0 bridgehead atoms. The largest absolute Gasteiger partial charge is 0.507 e. The van der Waals surface area contributed by atoms with Crippen LogP contribution in [-0.2, 0) is 42.7 Å². The number of phenolic OH excluding ortho intramolecular Hbond substituents is 1. The Balaban J connectivity index is 0.00000729. The molecule has 6 heteroatoms. The van der Waals surface area contributed by atoms with E-state index in [0.29, 0.717) is 11.4 Å². The molecule has 2 aromatic heterocycles. The minimum Gasteiger partial charge on any atom is -0.507 e. The molecule has 0 aliphatic carbocycles. The van der Waals surface area contributed by atoms with E-state index < -0.39 is 8.07 Å². The summed E-state index contributed by atoms with van der Waals surface area (Å²) in [5.41, 5.74) is 19.0. The number of hydrogen-bond donors (Lipinski definition) is 1. The summed E-state index contributed by atoms with van der Waals surface area (Å²) in [7, 11) is -1.41. The maximum absolute atomic E-state index is 12.6. The van der Waals surface area contributed by atoms with Gasteiger partial charge in [-0.25, -0.2) is 4.98 Å². The van der Waals surface area contributed by atoms with E-state index in [0.717, 1.165) is 72.5 Å². The van der Waals surface area contributed by atoms with Gasteiger partial charge in [-0.1, -0.05) is 222 Å². The van der Waals surface area contributed by atoms with Gasteiger partial charge in [0.05, 0.1) is 30.4 Å². The zero-order chi connectivity index (χ0) is 52.6. The molecule has 4 nitrogen and oxygen atoms in total. The van der Waals surface area contributed by atoms with Crippen molar-refractivity contribution in [3.63, 3.8) is 0 Å². The number of fused-ring (bicyclic) bond motifs is 1. The molecular weight excluding hydrogens is 1100 g/mol. The summed E-state index contributed by atoms with van der Waals surface area (Å²) in [5, 5.41) is 14.1. The first kappa shape index (κ1) is 54.1. The molecule has 0 aliphatic heterocycles. The molecule has 382 valence electrons. The fourth-order valence-electron chi connectivity index (χ4n) is 9.94. The third-order valence-electron chi connectivity index (χ3n) is 14.6. The van der Waals surface area contributed by atoms with Crippen molar-refractivity contribution in [2.75, 3.05) is 0 Å². The number of aryl methyl sites for hydroxylation is 1. The van der Waals surface area contributed by atoms with Crippen molar-refractivity contribution in [1.29, 1.82) is 0 Å². The Morgan fingerprint density at radius 3 is 1.73 bits per heavy atom. The summed E-state index contributed by atoms with van der Waals surface area (Å²) in [5.74, 6) is 0.935. The van der Waals surface area contributed by atoms with Crippen LogP contribution < -0.4 is 5.19 Å². The molecule has 0 amide bonds. The van der Waals surface area contributed by atoms with Crippen LogP contribution in [0.5, 0.6) is 5.75 Å². The van der Waals surface area contributed by atoms with Gasteiger partial charge in [0.15, 0.2) is 0 Å². The van der Waals surface area contributed by atoms with Crippen molar-refractivity contribution < 1.29 is 26.2 Å². The molecule has 74 heavy (non-hydrogen) atoms. The number of para-hydroxylation sites is 1. The summed E-state index contributed by atoms with van der Waals surface area (Å²) >= 11 is 0. The smallest absolute Gasteiger partial charge is 0.148 e. The van der Waals surface area contributed by atoms with E-state index in [2.05, 4.69) is 266 Å². The monoisotopic (exact) mass is 1170 g/mol. The second kappa shape index (κ2) is 19.9. The molecule has 9 aromatic rings. The summed E-state index contributed by atoms with van der Waals surface area (Å²) in [6.45, 7) is 36.2. The Hall–Kier alpha value is -6.13. The van der Waals surface area contributed by atoms with Crippen LogP contribution in [0.3, 0.4) is 0 Å². The molecule has 1 N–H and O–H groups in total. The fraction of sp³-hybridized carbons (Fsp3) is 0.294. The number of nitrogens with zero attached hydrogens (tertiary/aromatic N) is 3. The molecule has 0 saturated heterocycles. The van der Waals surface area contributed by atoms with Gasteiger partial charge >= 0.3 is 0 Å². The minimum atomic E-state index is -1.41. The zero-order valence-corrected chi connectivity index (χ0v) is 49.8. The predicted molar refractivity (Wildman–Crippen MR) is 314 cm³/mol. The Labute approximate surface area is 457 Å². The van der Waals surface area contributed by atoms with Crippen molar-refractivity contribution in [3.05, 3.63) is 186 Å². The van der Waals surface area contributed by atoms with Crippen LogP contribution in [-0.4, -0.2) is 27.7 Å². The van der Waals surface area contributed by atoms with Gasteiger partial charge in [0.2, 0.25) is 0 Å². The maximum atomic E-state index is 12.6. The molecule has 0 unspecified atom stereocenters. The van der Waals surface area contributed by atoms with E-state index in [1.165, 1.54) is 33.0 Å². The number of rotatable bonds is 8. The Morgan fingerprint density at radius 2 is 1.11 bits per heavy atom. The third kappa shape index (κ3) is 10.8. The first-order chi connectivity index (χ1) is 34.2. The van der Waals surface area contributed by atoms with Gasteiger partial charge in [-0.15, -0.1) is 29.3 Å². The zero-order valence-electron chi connectivity index (χ0n) is 46.5. The molecular formula is C68H74N3OPtSi-. The average Bonchev–Trinajstić information content (AvgIpc) is 3.72. The molecule has 7 aromatic carbocycles. The van der Waals surface area contributed by atoms with Crippen molar-refractivity contribution in [3.8, 4) is 78.6 Å². The van der Waals surface area contributed by atoms with Crippen molar-refractivity contribution >= 4 is 24.3 Å². The summed E-state index contributed by atoms with van der Waals surface area (Å²) in [6, 6.07) is 57.0. The second-order valence-electron chi connectivity index (χ2n) is 25.4. The van der Waals surface area contributed by atoms with Crippen molar-refractivity contribution in [1.82, 2.24) is 14.5 Å². The summed E-state index contributed by atoms with van der Waals surface area (Å²) in [4.78, 5) is 10.7. The maximum Gasteiger partial charge on any atom is 0.148 e. The van der Waals surface area contributed by atoms with Crippen molar-refractivity contribution in [2.24, 2.45) is 0 Å². The Bertz CT molecular complexity index is 3530. The number of imidazole rings is 1. The molecule has 0 spiro atoms. The molecule has 0 radical (unpaired) electrons. The molecule has 0 aliphatic rings. The number of benzene rings is 7. The van der Waals surface area contributed by atoms with E-state index >= 15 is 0 Å². The van der Waals surface area contributed by atoms with Gasteiger partial charge in [-0.05, 0) is 103 Å². The van der Waals surface area contributed by atoms with E-state index in [-0.39, 0.29) is 48.5 Å². The topological polar surface area (TPSA) is 50.9 Å². The van der Waals surface area contributed by atoms with E-state index in [9.17, 15) is 5.11 Å². The Kier molecular flexibility index (Phi) is 14.5. The number of aromatic hydroxyl groups is 1. The van der Waals surface area contributed by atoms with Gasteiger partial charge in [0, 0.05) is 44.1 Å². The van der Waals surface area contributed by atoms with Crippen LogP contribution in [0, 0.1) is 13.0 Å². The SMILES string of the molecule is Cc1cc([Si](C)(C)C)ccc1-c1ccc(-c2ccnc(-c3[c-]c(-c4cccc5c4nc(-c4cc(C(C)(C)C)cc(C(C)(C)C)c4O)n5-c4ccc(C(C)(C)C)cc4-c4ccccc4)cc(C(C)(C)C)c3)c2)cc1.[Pt]. The number of aromatic nitrogens is 3. The Morgan fingerprint density at radius 1 is 0.500 bits per heavy atom. The van der Waals surface area contributed by atoms with Gasteiger partial charge in [0.25, 0.3) is 0 Å². The van der Waals surface area contributed by atoms with Gasteiger partial charge in [-0.2, -0.15) is 0 Å². The molecule has 0 saturated carbocycles. The van der Waals surface area contributed by atoms with Crippen molar-refractivity contribution in [2.45, 2.75) is 131 Å². The molecule has 0 fully saturated rings. The first-order valence-corrected chi connectivity index (χ1v) is 29.5. The van der Waals surface area contributed by atoms with Crippen LogP contribution in [0.4, 0.5) is 0 Å². The summed E-state index contributed by atoms with van der Waals surface area (Å²) < 4.78 is 2.29. The molecule has 2 heterocycles. The fourth-order valence-corrected chi connectivity index (χ4v) is 11.2.